The average molecular weight is 282 g/mol. The second-order valence-electron chi connectivity index (χ2n) is 5.23. The molecule has 0 saturated heterocycles. The average Bonchev–Trinajstić information content (AvgIpc) is 2.78. The van der Waals surface area contributed by atoms with Crippen molar-refractivity contribution in [2.24, 2.45) is 11.5 Å². The monoisotopic (exact) mass is 282 g/mol. The van der Waals surface area contributed by atoms with Crippen molar-refractivity contribution in [3.8, 4) is 0 Å². The molecule has 0 fully saturated rings. The van der Waals surface area contributed by atoms with Crippen LogP contribution in [-0.2, 0) is 0 Å². The Morgan fingerprint density at radius 2 is 1.62 bits per heavy atom. The number of urea groups is 1. The molecule has 6 N–H and O–H groups in total. The number of rotatable bonds is 3. The summed E-state index contributed by atoms with van der Waals surface area (Å²) in [4.78, 5) is 10.8. The molecule has 0 aromatic heterocycles. The number of benzene rings is 2. The van der Waals surface area contributed by atoms with Crippen LogP contribution in [0.4, 0.5) is 16.2 Å². The number of carbonyl (C=O) groups excluding carboxylic acids is 1. The summed E-state index contributed by atoms with van der Waals surface area (Å²) in [5.41, 5.74) is 15.4. The van der Waals surface area contributed by atoms with Crippen molar-refractivity contribution in [2.75, 3.05) is 10.6 Å². The first-order valence-electron chi connectivity index (χ1n) is 6.91. The maximum Gasteiger partial charge on any atom is 0.316 e. The van der Waals surface area contributed by atoms with Crippen molar-refractivity contribution in [3.63, 3.8) is 0 Å². The Labute approximate surface area is 123 Å². The van der Waals surface area contributed by atoms with Gasteiger partial charge in [0.05, 0.1) is 6.04 Å². The normalized spacial score (nSPS) is 19.9. The molecule has 1 aliphatic rings. The van der Waals surface area contributed by atoms with Crippen LogP contribution in [0.5, 0.6) is 0 Å². The maximum atomic E-state index is 10.8. The molecule has 2 aromatic rings. The molecule has 0 bridgehead atoms. The van der Waals surface area contributed by atoms with Crippen LogP contribution in [0.2, 0.25) is 0 Å². The van der Waals surface area contributed by atoms with Gasteiger partial charge in [0.2, 0.25) is 0 Å². The Hall–Kier alpha value is -2.53. The highest BCUT2D eigenvalue weighted by atomic mass is 16.2. The minimum absolute atomic E-state index is 0.0782. The minimum atomic E-state index is -0.564. The van der Waals surface area contributed by atoms with Crippen LogP contribution < -0.4 is 22.1 Å². The molecule has 1 aliphatic carbocycles. The fraction of sp³-hybridized carbons (Fsp3) is 0.188. The van der Waals surface area contributed by atoms with Gasteiger partial charge in [-0.15, -0.1) is 0 Å². The van der Waals surface area contributed by atoms with E-state index in [2.05, 4.69) is 22.8 Å². The Morgan fingerprint density at radius 3 is 2.29 bits per heavy atom. The van der Waals surface area contributed by atoms with Gasteiger partial charge in [-0.25, -0.2) is 4.79 Å². The number of nitrogens with two attached hydrogens (primary N) is 2. The highest BCUT2D eigenvalue weighted by Gasteiger charge is 2.27. The molecule has 5 heteroatoms. The summed E-state index contributed by atoms with van der Waals surface area (Å²) >= 11 is 0. The van der Waals surface area contributed by atoms with Gasteiger partial charge in [0.15, 0.2) is 0 Å². The summed E-state index contributed by atoms with van der Waals surface area (Å²) in [6, 6.07) is 15.4. The molecule has 0 aliphatic heterocycles. The largest absolute Gasteiger partial charge is 0.378 e. The highest BCUT2D eigenvalue weighted by molar-refractivity contribution is 5.87. The molecule has 2 amide bonds. The predicted molar refractivity (Wildman–Crippen MR) is 84.0 cm³/mol. The number of carbonyl (C=O) groups is 1. The number of hydrogen-bond donors (Lipinski definition) is 4. The smallest absolute Gasteiger partial charge is 0.316 e. The third kappa shape index (κ3) is 2.83. The SMILES string of the molecule is NC(=O)Nc1ccc(NC2CC(N)c3ccccc32)cc1. The van der Waals surface area contributed by atoms with Gasteiger partial charge in [0.1, 0.15) is 0 Å². The Morgan fingerprint density at radius 1 is 1.00 bits per heavy atom. The first-order chi connectivity index (χ1) is 10.1. The second kappa shape index (κ2) is 5.46. The van der Waals surface area contributed by atoms with Gasteiger partial charge in [-0.1, -0.05) is 24.3 Å². The van der Waals surface area contributed by atoms with Crippen LogP contribution in [-0.4, -0.2) is 6.03 Å². The van der Waals surface area contributed by atoms with Gasteiger partial charge in [0, 0.05) is 17.4 Å². The van der Waals surface area contributed by atoms with Gasteiger partial charge in [-0.05, 0) is 41.8 Å². The van der Waals surface area contributed by atoms with E-state index in [0.717, 1.165) is 12.1 Å². The van der Waals surface area contributed by atoms with E-state index in [4.69, 9.17) is 11.5 Å². The van der Waals surface area contributed by atoms with Gasteiger partial charge in [-0.2, -0.15) is 0 Å². The van der Waals surface area contributed by atoms with Gasteiger partial charge in [0.25, 0.3) is 0 Å². The zero-order valence-corrected chi connectivity index (χ0v) is 11.5. The maximum absolute atomic E-state index is 10.8. The van der Waals surface area contributed by atoms with E-state index in [9.17, 15) is 4.79 Å². The number of hydrogen-bond acceptors (Lipinski definition) is 3. The number of nitrogens with one attached hydrogen (secondary N) is 2. The molecule has 5 nitrogen and oxygen atoms in total. The summed E-state index contributed by atoms with van der Waals surface area (Å²) in [5, 5.41) is 6.02. The topological polar surface area (TPSA) is 93.2 Å². The van der Waals surface area contributed by atoms with Crippen LogP contribution in [0.1, 0.15) is 29.6 Å². The van der Waals surface area contributed by atoms with E-state index in [-0.39, 0.29) is 12.1 Å². The third-order valence-electron chi connectivity index (χ3n) is 3.75. The molecule has 3 rings (SSSR count). The quantitative estimate of drug-likeness (QED) is 0.697. The summed E-state index contributed by atoms with van der Waals surface area (Å²) in [6.45, 7) is 0. The van der Waals surface area contributed by atoms with Crippen molar-refractivity contribution < 1.29 is 4.79 Å². The summed E-state index contributed by atoms with van der Waals surface area (Å²) in [7, 11) is 0. The zero-order chi connectivity index (χ0) is 14.8. The first-order valence-corrected chi connectivity index (χ1v) is 6.91. The molecule has 0 radical (unpaired) electrons. The molecule has 2 unspecified atom stereocenters. The summed E-state index contributed by atoms with van der Waals surface area (Å²) in [5.74, 6) is 0. The molecule has 21 heavy (non-hydrogen) atoms. The van der Waals surface area contributed by atoms with Crippen LogP contribution in [0.25, 0.3) is 0 Å². The summed E-state index contributed by atoms with van der Waals surface area (Å²) < 4.78 is 0. The number of amides is 2. The van der Waals surface area contributed by atoms with Crippen LogP contribution in [0.3, 0.4) is 0 Å². The van der Waals surface area contributed by atoms with Crippen molar-refractivity contribution in [1.29, 1.82) is 0 Å². The fourth-order valence-electron chi connectivity index (χ4n) is 2.80. The van der Waals surface area contributed by atoms with Crippen molar-refractivity contribution in [3.05, 3.63) is 59.7 Å². The molecular weight excluding hydrogens is 264 g/mol. The standard InChI is InChI=1S/C16H18N4O/c17-14-9-15(13-4-2-1-3-12(13)14)19-10-5-7-11(8-6-10)20-16(18)21/h1-8,14-15,19H,9,17H2,(H3,18,20,21). The molecular formula is C16H18N4O. The predicted octanol–water partition coefficient (Wildman–Crippen LogP) is 2.73. The Bertz CT molecular complexity index is 654. The lowest BCUT2D eigenvalue weighted by atomic mass is 10.1. The van der Waals surface area contributed by atoms with E-state index < -0.39 is 6.03 Å². The van der Waals surface area contributed by atoms with Gasteiger partial charge < -0.3 is 22.1 Å². The minimum Gasteiger partial charge on any atom is -0.378 e. The van der Waals surface area contributed by atoms with Crippen LogP contribution in [0, 0.1) is 0 Å². The molecule has 0 saturated carbocycles. The number of anilines is 2. The fourth-order valence-corrected chi connectivity index (χ4v) is 2.80. The van der Waals surface area contributed by atoms with E-state index in [1.54, 1.807) is 0 Å². The lowest BCUT2D eigenvalue weighted by Gasteiger charge is -2.16. The van der Waals surface area contributed by atoms with E-state index in [0.29, 0.717) is 5.69 Å². The number of fused-ring (bicyclic) bond motifs is 1. The van der Waals surface area contributed by atoms with Crippen LogP contribution >= 0.6 is 0 Å². The Kier molecular flexibility index (Phi) is 3.50. The number of primary amides is 1. The van der Waals surface area contributed by atoms with Gasteiger partial charge in [-0.3, -0.25) is 0 Å². The second-order valence-corrected chi connectivity index (χ2v) is 5.23. The van der Waals surface area contributed by atoms with Crippen molar-refractivity contribution >= 4 is 17.4 Å². The molecule has 2 aromatic carbocycles. The van der Waals surface area contributed by atoms with Crippen molar-refractivity contribution in [1.82, 2.24) is 0 Å². The third-order valence-corrected chi connectivity index (χ3v) is 3.75. The summed E-state index contributed by atoms with van der Waals surface area (Å²) in [6.07, 6.45) is 0.876. The highest BCUT2D eigenvalue weighted by Crippen LogP contribution is 2.39. The van der Waals surface area contributed by atoms with E-state index >= 15 is 0 Å². The van der Waals surface area contributed by atoms with Crippen LogP contribution in [0.15, 0.2) is 48.5 Å². The zero-order valence-electron chi connectivity index (χ0n) is 11.5. The molecule has 108 valence electrons. The van der Waals surface area contributed by atoms with E-state index in [1.807, 2.05) is 36.4 Å². The van der Waals surface area contributed by atoms with E-state index in [1.165, 1.54) is 11.1 Å². The Balaban J connectivity index is 1.74. The lowest BCUT2D eigenvalue weighted by Crippen LogP contribution is -2.19. The molecule has 2 atom stereocenters. The molecule has 0 heterocycles. The lowest BCUT2D eigenvalue weighted by molar-refractivity contribution is 0.259. The van der Waals surface area contributed by atoms with Crippen molar-refractivity contribution in [2.45, 2.75) is 18.5 Å². The van der Waals surface area contributed by atoms with Gasteiger partial charge >= 0.3 is 6.03 Å². The first kappa shape index (κ1) is 13.5. The molecule has 0 spiro atoms.